The molecule has 2 aromatic carbocycles. The lowest BCUT2D eigenvalue weighted by Crippen LogP contribution is -2.41. The number of sulfonamides is 1. The van der Waals surface area contributed by atoms with Crippen molar-refractivity contribution in [3.63, 3.8) is 0 Å². The normalized spacial score (nSPS) is 21.1. The molecule has 1 saturated carbocycles. The number of nitrogens with zero attached hydrogens (tertiary/aromatic N) is 2. The highest BCUT2D eigenvalue weighted by Crippen LogP contribution is 2.40. The molecule has 186 valence electrons. The van der Waals surface area contributed by atoms with Gasteiger partial charge in [0.15, 0.2) is 0 Å². The molecule has 1 N–H and O–H groups in total. The van der Waals surface area contributed by atoms with Crippen molar-refractivity contribution in [3.8, 4) is 0 Å². The Bertz CT molecular complexity index is 1290. The molecule has 1 aliphatic carbocycles. The van der Waals surface area contributed by atoms with Crippen molar-refractivity contribution >= 4 is 33.2 Å². The zero-order valence-corrected chi connectivity index (χ0v) is 20.2. The average molecular weight is 504 g/mol. The van der Waals surface area contributed by atoms with E-state index in [-0.39, 0.29) is 41.5 Å². The van der Waals surface area contributed by atoms with E-state index in [4.69, 9.17) is 0 Å². The largest absolute Gasteiger partial charge is 0.323 e. The van der Waals surface area contributed by atoms with Gasteiger partial charge in [0.25, 0.3) is 0 Å². The van der Waals surface area contributed by atoms with Crippen LogP contribution in [0.15, 0.2) is 41.3 Å². The summed E-state index contributed by atoms with van der Waals surface area (Å²) in [6.45, 7) is 2.29. The number of benzene rings is 2. The van der Waals surface area contributed by atoms with Crippen LogP contribution >= 0.6 is 0 Å². The molecule has 2 aromatic rings. The van der Waals surface area contributed by atoms with Crippen LogP contribution in [0.4, 0.5) is 20.2 Å². The minimum atomic E-state index is -3.77. The number of carbonyl (C=O) groups excluding carboxylic acids is 2. The summed E-state index contributed by atoms with van der Waals surface area (Å²) in [7, 11) is -3.77. The lowest BCUT2D eigenvalue weighted by molar-refractivity contribution is -0.121. The molecule has 1 saturated heterocycles. The number of nitrogens with one attached hydrogen (secondary N) is 1. The van der Waals surface area contributed by atoms with Crippen molar-refractivity contribution in [2.24, 2.45) is 11.8 Å². The van der Waals surface area contributed by atoms with E-state index in [2.05, 4.69) is 5.32 Å². The Labute approximate surface area is 203 Å². The lowest BCUT2D eigenvalue weighted by atomic mass is 9.97. The number of fused-ring (bicyclic) bond motifs is 1. The van der Waals surface area contributed by atoms with Gasteiger partial charge >= 0.3 is 0 Å². The Morgan fingerprint density at radius 3 is 2.34 bits per heavy atom. The monoisotopic (exact) mass is 503 g/mol. The molecule has 0 bridgehead atoms. The summed E-state index contributed by atoms with van der Waals surface area (Å²) in [4.78, 5) is 27.2. The number of hydrogen-bond donors (Lipinski definition) is 1. The van der Waals surface area contributed by atoms with Crippen LogP contribution in [0.2, 0.25) is 0 Å². The van der Waals surface area contributed by atoms with Gasteiger partial charge in [0, 0.05) is 42.7 Å². The molecule has 2 amide bonds. The number of amides is 2. The predicted octanol–water partition coefficient (Wildman–Crippen LogP) is 3.69. The maximum atomic E-state index is 13.8. The van der Waals surface area contributed by atoms with E-state index < -0.39 is 33.5 Å². The van der Waals surface area contributed by atoms with E-state index in [1.165, 1.54) is 4.31 Å². The number of anilines is 2. The molecule has 0 spiro atoms. The molecule has 0 radical (unpaired) electrons. The third-order valence-electron chi connectivity index (χ3n) is 7.08. The molecule has 2 aliphatic heterocycles. The van der Waals surface area contributed by atoms with Gasteiger partial charge in [-0.05, 0) is 74.9 Å². The van der Waals surface area contributed by atoms with Gasteiger partial charge in [-0.15, -0.1) is 0 Å². The number of hydrogen-bond acceptors (Lipinski definition) is 4. The highest BCUT2D eigenvalue weighted by molar-refractivity contribution is 7.89. The van der Waals surface area contributed by atoms with E-state index in [0.29, 0.717) is 25.3 Å². The van der Waals surface area contributed by atoms with Crippen molar-refractivity contribution < 1.29 is 26.8 Å². The molecular weight excluding hydrogens is 476 g/mol. The topological polar surface area (TPSA) is 86.8 Å². The predicted molar refractivity (Wildman–Crippen MR) is 126 cm³/mol. The van der Waals surface area contributed by atoms with Gasteiger partial charge in [0.2, 0.25) is 21.8 Å². The number of piperidine rings is 1. The van der Waals surface area contributed by atoms with Crippen LogP contribution in [0, 0.1) is 23.5 Å². The van der Waals surface area contributed by atoms with Crippen molar-refractivity contribution in [3.05, 3.63) is 53.6 Å². The van der Waals surface area contributed by atoms with Gasteiger partial charge in [-0.2, -0.15) is 4.31 Å². The van der Waals surface area contributed by atoms with Gasteiger partial charge in [-0.25, -0.2) is 17.2 Å². The molecule has 0 aromatic heterocycles. The molecule has 10 heteroatoms. The maximum Gasteiger partial charge on any atom is 0.243 e. The Kier molecular flexibility index (Phi) is 6.13. The molecule has 2 fully saturated rings. The second kappa shape index (κ2) is 8.98. The summed E-state index contributed by atoms with van der Waals surface area (Å²) < 4.78 is 54.9. The van der Waals surface area contributed by atoms with Crippen molar-refractivity contribution in [1.82, 2.24) is 4.31 Å². The Morgan fingerprint density at radius 2 is 1.69 bits per heavy atom. The Hall–Kier alpha value is -2.85. The quantitative estimate of drug-likeness (QED) is 0.674. The molecule has 7 nitrogen and oxygen atoms in total. The van der Waals surface area contributed by atoms with Gasteiger partial charge in [-0.3, -0.25) is 9.59 Å². The second-order valence-corrected chi connectivity index (χ2v) is 11.6. The molecule has 3 aliphatic rings. The van der Waals surface area contributed by atoms with Crippen molar-refractivity contribution in [2.75, 3.05) is 23.3 Å². The highest BCUT2D eigenvalue weighted by Gasteiger charge is 2.40. The SMILES string of the molecule is CC1Cc2cc(S(=O)(=O)N3CCC(C(=O)Nc4ccc(F)cc4F)CC3)ccc2N1C(=O)C1CC1. The molecule has 2 heterocycles. The first-order valence-corrected chi connectivity index (χ1v) is 13.3. The summed E-state index contributed by atoms with van der Waals surface area (Å²) in [6, 6.07) is 7.86. The maximum absolute atomic E-state index is 13.8. The second-order valence-electron chi connectivity index (χ2n) is 9.62. The van der Waals surface area contributed by atoms with Gasteiger partial charge in [-0.1, -0.05) is 0 Å². The highest BCUT2D eigenvalue weighted by atomic mass is 32.2. The van der Waals surface area contributed by atoms with E-state index in [9.17, 15) is 26.8 Å². The van der Waals surface area contributed by atoms with Crippen LogP contribution in [0.5, 0.6) is 0 Å². The Balaban J connectivity index is 1.25. The van der Waals surface area contributed by atoms with Crippen LogP contribution in [0.25, 0.3) is 0 Å². The molecule has 5 rings (SSSR count). The standard InChI is InChI=1S/C25H27F2N3O4S/c1-15-12-18-13-20(5-7-23(18)30(15)25(32)17-2-3-17)35(33,34)29-10-8-16(9-11-29)24(31)28-22-6-4-19(26)14-21(22)27/h4-7,13-17H,2-3,8-12H2,1H3,(H,28,31). The minimum absolute atomic E-state index is 0.00347. The van der Waals surface area contributed by atoms with Crippen molar-refractivity contribution in [2.45, 2.75) is 50.0 Å². The smallest absolute Gasteiger partial charge is 0.243 e. The zero-order valence-electron chi connectivity index (χ0n) is 19.3. The van der Waals surface area contributed by atoms with E-state index >= 15 is 0 Å². The first-order chi connectivity index (χ1) is 16.6. The van der Waals surface area contributed by atoms with Crippen LogP contribution < -0.4 is 10.2 Å². The van der Waals surface area contributed by atoms with Gasteiger partial charge in [0.05, 0.1) is 10.6 Å². The summed E-state index contributed by atoms with van der Waals surface area (Å²) in [5, 5.41) is 2.47. The van der Waals surface area contributed by atoms with Crippen LogP contribution in [0.1, 0.15) is 38.2 Å². The average Bonchev–Trinajstić information content (AvgIpc) is 3.62. The lowest BCUT2D eigenvalue weighted by Gasteiger charge is -2.30. The summed E-state index contributed by atoms with van der Waals surface area (Å²) in [6.07, 6.45) is 3.02. The van der Waals surface area contributed by atoms with Crippen molar-refractivity contribution in [1.29, 1.82) is 0 Å². The summed E-state index contributed by atoms with van der Waals surface area (Å²) in [5.74, 6) is -2.28. The number of halogens is 2. The minimum Gasteiger partial charge on any atom is -0.323 e. The third-order valence-corrected chi connectivity index (χ3v) is 8.98. The van der Waals surface area contributed by atoms with Gasteiger partial charge < -0.3 is 10.2 Å². The van der Waals surface area contributed by atoms with Crippen LogP contribution in [-0.2, 0) is 26.0 Å². The summed E-state index contributed by atoms with van der Waals surface area (Å²) >= 11 is 0. The fraction of sp³-hybridized carbons (Fsp3) is 0.440. The molecule has 1 atom stereocenters. The van der Waals surface area contributed by atoms with E-state index in [1.54, 1.807) is 23.1 Å². The Morgan fingerprint density at radius 1 is 0.971 bits per heavy atom. The summed E-state index contributed by atoms with van der Waals surface area (Å²) in [5.41, 5.74) is 1.54. The number of rotatable bonds is 5. The molecular formula is C25H27F2N3O4S. The molecule has 1 unspecified atom stereocenters. The fourth-order valence-corrected chi connectivity index (χ4v) is 6.48. The first-order valence-electron chi connectivity index (χ1n) is 11.9. The fourth-order valence-electron chi connectivity index (χ4n) is 4.96. The zero-order chi connectivity index (χ0) is 24.9. The van der Waals surface area contributed by atoms with E-state index in [0.717, 1.165) is 36.2 Å². The van der Waals surface area contributed by atoms with Crippen LogP contribution in [0.3, 0.4) is 0 Å². The number of carbonyl (C=O) groups is 2. The van der Waals surface area contributed by atoms with E-state index in [1.807, 2.05) is 6.92 Å². The third kappa shape index (κ3) is 4.56. The first kappa shape index (κ1) is 23.9. The van der Waals surface area contributed by atoms with Gasteiger partial charge in [0.1, 0.15) is 11.6 Å². The molecule has 35 heavy (non-hydrogen) atoms. The van der Waals surface area contributed by atoms with Crippen LogP contribution in [-0.4, -0.2) is 43.7 Å².